The average Bonchev–Trinajstić information content (AvgIpc) is 2.16. The second-order valence-corrected chi connectivity index (χ2v) is 2.92. The first kappa shape index (κ1) is 14.9. The summed E-state index contributed by atoms with van der Waals surface area (Å²) in [6, 6.07) is 1.57. The molecule has 0 fully saturated rings. The summed E-state index contributed by atoms with van der Waals surface area (Å²) < 4.78 is 41.5. The van der Waals surface area contributed by atoms with Gasteiger partial charge >= 0.3 is 6.18 Å². The largest absolute Gasteiger partial charge is 0.504 e. The molecule has 0 aromatic heterocycles. The number of nitrogens with two attached hydrogens (primary N) is 1. The van der Waals surface area contributed by atoms with Gasteiger partial charge in [-0.25, -0.2) is 0 Å². The first-order valence-electron chi connectivity index (χ1n) is 4.06. The molecule has 0 aliphatic rings. The molecule has 0 unspecified atom stereocenters. The maximum Gasteiger partial charge on any atom is 0.407 e. The summed E-state index contributed by atoms with van der Waals surface area (Å²) in [6.07, 6.45) is -4.59. The zero-order chi connectivity index (χ0) is 11.6. The molecule has 0 heterocycles. The van der Waals surface area contributed by atoms with Crippen LogP contribution in [0, 0.1) is 0 Å². The van der Waals surface area contributed by atoms with Gasteiger partial charge in [0.2, 0.25) is 0 Å². The van der Waals surface area contributed by atoms with Crippen molar-refractivity contribution < 1.29 is 23.0 Å². The van der Waals surface area contributed by atoms with Crippen molar-refractivity contribution in [1.82, 2.24) is 0 Å². The molecule has 0 aliphatic carbocycles. The van der Waals surface area contributed by atoms with Gasteiger partial charge in [-0.1, -0.05) is 12.1 Å². The minimum Gasteiger partial charge on any atom is -0.504 e. The summed E-state index contributed by atoms with van der Waals surface area (Å²) in [5.41, 5.74) is 4.55. The molecule has 7 heteroatoms. The van der Waals surface area contributed by atoms with Crippen LogP contribution in [-0.2, 0) is 0 Å². The lowest BCUT2D eigenvalue weighted by molar-refractivity contribution is -0.149. The lowest BCUT2D eigenvalue weighted by Crippen LogP contribution is -2.28. The van der Waals surface area contributed by atoms with Crippen molar-refractivity contribution in [2.45, 2.75) is 12.2 Å². The molecule has 0 radical (unpaired) electrons. The summed E-state index contributed by atoms with van der Waals surface area (Å²) in [6.45, 7) is 0. The Morgan fingerprint density at radius 3 is 2.38 bits per heavy atom. The fraction of sp³-hybridized carbons (Fsp3) is 0.333. The van der Waals surface area contributed by atoms with E-state index in [2.05, 4.69) is 4.74 Å². The molecule has 1 rings (SSSR count). The SMILES string of the molecule is COc1cccc([C@H](N)C(F)(F)F)c1O.Cl. The van der Waals surface area contributed by atoms with E-state index < -0.39 is 23.5 Å². The van der Waals surface area contributed by atoms with Crippen LogP contribution in [0.2, 0.25) is 0 Å². The summed E-state index contributed by atoms with van der Waals surface area (Å²) in [5.74, 6) is -0.614. The van der Waals surface area contributed by atoms with Crippen LogP contribution in [0.4, 0.5) is 13.2 Å². The zero-order valence-corrected chi connectivity index (χ0v) is 9.10. The highest BCUT2D eigenvalue weighted by molar-refractivity contribution is 5.85. The minimum absolute atomic E-state index is 0. The normalized spacial score (nSPS) is 12.8. The number of rotatable bonds is 2. The number of alkyl halides is 3. The molecule has 92 valence electrons. The van der Waals surface area contributed by atoms with Gasteiger partial charge in [-0.2, -0.15) is 13.2 Å². The second-order valence-electron chi connectivity index (χ2n) is 2.92. The Kier molecular flexibility index (Phi) is 4.89. The van der Waals surface area contributed by atoms with E-state index in [-0.39, 0.29) is 18.2 Å². The van der Waals surface area contributed by atoms with Crippen LogP contribution < -0.4 is 10.5 Å². The molecular formula is C9H11ClF3NO2. The number of hydrogen-bond donors (Lipinski definition) is 2. The van der Waals surface area contributed by atoms with E-state index in [0.29, 0.717) is 0 Å². The van der Waals surface area contributed by atoms with Crippen LogP contribution in [0.3, 0.4) is 0 Å². The van der Waals surface area contributed by atoms with Crippen molar-refractivity contribution in [3.05, 3.63) is 23.8 Å². The maximum absolute atomic E-state index is 12.3. The van der Waals surface area contributed by atoms with E-state index in [0.717, 1.165) is 6.07 Å². The molecule has 0 aliphatic heterocycles. The summed E-state index contributed by atoms with van der Waals surface area (Å²) in [4.78, 5) is 0. The third kappa shape index (κ3) is 2.93. The number of methoxy groups -OCH3 is 1. The Bertz CT molecular complexity index is 357. The number of hydrogen-bond acceptors (Lipinski definition) is 3. The molecule has 1 aromatic carbocycles. The molecule has 3 N–H and O–H groups in total. The van der Waals surface area contributed by atoms with Crippen LogP contribution in [0.25, 0.3) is 0 Å². The minimum atomic E-state index is -4.59. The Morgan fingerprint density at radius 1 is 1.38 bits per heavy atom. The molecule has 1 aromatic rings. The molecule has 0 saturated carbocycles. The smallest absolute Gasteiger partial charge is 0.407 e. The molecule has 0 bridgehead atoms. The Labute approximate surface area is 96.4 Å². The summed E-state index contributed by atoms with van der Waals surface area (Å²) in [7, 11) is 1.25. The first-order chi connectivity index (χ1) is 6.88. The average molecular weight is 258 g/mol. The molecule has 0 amide bonds. The van der Waals surface area contributed by atoms with Crippen molar-refractivity contribution in [2.75, 3.05) is 7.11 Å². The fourth-order valence-corrected chi connectivity index (χ4v) is 1.13. The predicted molar refractivity (Wildman–Crippen MR) is 54.9 cm³/mol. The van der Waals surface area contributed by atoms with Crippen molar-refractivity contribution in [2.24, 2.45) is 5.73 Å². The first-order valence-corrected chi connectivity index (χ1v) is 4.06. The van der Waals surface area contributed by atoms with Gasteiger partial charge in [0.1, 0.15) is 6.04 Å². The van der Waals surface area contributed by atoms with E-state index in [1.54, 1.807) is 0 Å². The van der Waals surface area contributed by atoms with Crippen LogP contribution in [0.15, 0.2) is 18.2 Å². The predicted octanol–water partition coefficient (Wildman–Crippen LogP) is 2.38. The Morgan fingerprint density at radius 2 is 1.94 bits per heavy atom. The van der Waals surface area contributed by atoms with Crippen molar-refractivity contribution >= 4 is 12.4 Å². The molecule has 1 atom stereocenters. The Balaban J connectivity index is 0.00000225. The van der Waals surface area contributed by atoms with Crippen molar-refractivity contribution in [3.8, 4) is 11.5 Å². The molecule has 0 saturated heterocycles. The quantitative estimate of drug-likeness (QED) is 0.855. The highest BCUT2D eigenvalue weighted by Crippen LogP contribution is 2.39. The second kappa shape index (κ2) is 5.27. The lowest BCUT2D eigenvalue weighted by atomic mass is 10.1. The van der Waals surface area contributed by atoms with Gasteiger partial charge in [0.05, 0.1) is 7.11 Å². The van der Waals surface area contributed by atoms with Gasteiger partial charge in [-0.05, 0) is 6.07 Å². The number of phenolic OH excluding ortho intramolecular Hbond substituents is 1. The third-order valence-electron chi connectivity index (χ3n) is 1.94. The van der Waals surface area contributed by atoms with Gasteiger partial charge in [0.15, 0.2) is 11.5 Å². The highest BCUT2D eigenvalue weighted by Gasteiger charge is 2.39. The van der Waals surface area contributed by atoms with Gasteiger partial charge in [0.25, 0.3) is 0 Å². The van der Waals surface area contributed by atoms with Crippen LogP contribution in [0.1, 0.15) is 11.6 Å². The van der Waals surface area contributed by atoms with E-state index in [1.807, 2.05) is 0 Å². The highest BCUT2D eigenvalue weighted by atomic mass is 35.5. The van der Waals surface area contributed by atoms with E-state index in [9.17, 15) is 18.3 Å². The summed E-state index contributed by atoms with van der Waals surface area (Å²) >= 11 is 0. The monoisotopic (exact) mass is 257 g/mol. The molecular weight excluding hydrogens is 247 g/mol. The van der Waals surface area contributed by atoms with Gasteiger partial charge in [-0.3, -0.25) is 0 Å². The lowest BCUT2D eigenvalue weighted by Gasteiger charge is -2.17. The number of benzene rings is 1. The van der Waals surface area contributed by atoms with Crippen LogP contribution >= 0.6 is 12.4 Å². The van der Waals surface area contributed by atoms with Crippen LogP contribution in [0.5, 0.6) is 11.5 Å². The van der Waals surface area contributed by atoms with Gasteiger partial charge in [0, 0.05) is 5.56 Å². The topological polar surface area (TPSA) is 55.5 Å². The number of para-hydroxylation sites is 1. The van der Waals surface area contributed by atoms with Crippen molar-refractivity contribution in [1.29, 1.82) is 0 Å². The molecule has 3 nitrogen and oxygen atoms in total. The van der Waals surface area contributed by atoms with E-state index >= 15 is 0 Å². The summed E-state index contributed by atoms with van der Waals surface area (Å²) in [5, 5.41) is 9.42. The van der Waals surface area contributed by atoms with Gasteiger partial charge in [-0.15, -0.1) is 12.4 Å². The van der Waals surface area contributed by atoms with E-state index in [4.69, 9.17) is 5.73 Å². The third-order valence-corrected chi connectivity index (χ3v) is 1.94. The number of ether oxygens (including phenoxy) is 1. The fourth-order valence-electron chi connectivity index (χ4n) is 1.13. The standard InChI is InChI=1S/C9H10F3NO2.ClH/c1-15-6-4-2-3-5(7(6)14)8(13)9(10,11)12;/h2-4,8,14H,13H2,1H3;1H/t8-;/m0./s1. The number of phenols is 1. The number of halogens is 4. The molecule has 0 spiro atoms. The zero-order valence-electron chi connectivity index (χ0n) is 8.28. The van der Waals surface area contributed by atoms with Gasteiger partial charge < -0.3 is 15.6 Å². The maximum atomic E-state index is 12.3. The Hall–Kier alpha value is -1.14. The molecule has 16 heavy (non-hydrogen) atoms. The number of aromatic hydroxyl groups is 1. The van der Waals surface area contributed by atoms with Crippen molar-refractivity contribution in [3.63, 3.8) is 0 Å². The van der Waals surface area contributed by atoms with E-state index in [1.165, 1.54) is 19.2 Å². The van der Waals surface area contributed by atoms with Crippen LogP contribution in [-0.4, -0.2) is 18.4 Å².